The van der Waals surface area contributed by atoms with Crippen molar-refractivity contribution in [2.45, 2.75) is 31.8 Å². The van der Waals surface area contributed by atoms with E-state index in [2.05, 4.69) is 5.32 Å². The number of carbonyl (C=O) groups is 2. The Labute approximate surface area is 151 Å². The van der Waals surface area contributed by atoms with E-state index in [9.17, 15) is 14.0 Å². The highest BCUT2D eigenvalue weighted by molar-refractivity contribution is 5.99. The van der Waals surface area contributed by atoms with Gasteiger partial charge in [-0.1, -0.05) is 18.2 Å². The summed E-state index contributed by atoms with van der Waals surface area (Å²) in [5, 5.41) is 2.98. The number of halogens is 1. The molecule has 1 fully saturated rings. The van der Waals surface area contributed by atoms with E-state index in [4.69, 9.17) is 0 Å². The average Bonchev–Trinajstić information content (AvgIpc) is 3.14. The maximum absolute atomic E-state index is 13.1. The van der Waals surface area contributed by atoms with E-state index in [1.807, 2.05) is 31.2 Å². The van der Waals surface area contributed by atoms with Gasteiger partial charge in [0.25, 0.3) is 0 Å². The van der Waals surface area contributed by atoms with Gasteiger partial charge in [0.2, 0.25) is 5.91 Å². The maximum atomic E-state index is 13.1. The number of nitrogens with zero attached hydrogens (tertiary/aromatic N) is 2. The summed E-state index contributed by atoms with van der Waals surface area (Å²) in [5.41, 5.74) is 2.73. The summed E-state index contributed by atoms with van der Waals surface area (Å²) in [6.45, 7) is 2.41. The van der Waals surface area contributed by atoms with Crippen LogP contribution in [0.15, 0.2) is 48.5 Å². The number of rotatable bonds is 2. The minimum atomic E-state index is -0.341. The van der Waals surface area contributed by atoms with E-state index < -0.39 is 0 Å². The van der Waals surface area contributed by atoms with E-state index in [0.29, 0.717) is 12.2 Å². The summed E-state index contributed by atoms with van der Waals surface area (Å²) in [7, 11) is 0. The zero-order valence-corrected chi connectivity index (χ0v) is 14.5. The first-order chi connectivity index (χ1) is 12.5. The largest absolute Gasteiger partial charge is 0.333 e. The molecule has 0 aromatic heterocycles. The minimum Gasteiger partial charge on any atom is -0.333 e. The quantitative estimate of drug-likeness (QED) is 0.902. The first kappa shape index (κ1) is 16.6. The van der Waals surface area contributed by atoms with Crippen LogP contribution in [-0.4, -0.2) is 30.6 Å². The number of para-hydroxylation sites is 1. The van der Waals surface area contributed by atoms with Crippen LogP contribution < -0.4 is 15.1 Å². The van der Waals surface area contributed by atoms with Gasteiger partial charge >= 0.3 is 6.03 Å². The number of amides is 3. The predicted octanol–water partition coefficient (Wildman–Crippen LogP) is 3.09. The molecule has 5 nitrogen and oxygen atoms in total. The van der Waals surface area contributed by atoms with Crippen LogP contribution in [0.25, 0.3) is 0 Å². The lowest BCUT2D eigenvalue weighted by Crippen LogP contribution is -2.48. The van der Waals surface area contributed by atoms with Gasteiger partial charge in [0.1, 0.15) is 5.82 Å². The molecule has 134 valence electrons. The van der Waals surface area contributed by atoms with Crippen molar-refractivity contribution in [1.29, 1.82) is 0 Å². The third-order valence-electron chi connectivity index (χ3n) is 5.02. The van der Waals surface area contributed by atoms with Gasteiger partial charge in [-0.25, -0.2) is 9.18 Å². The first-order valence-corrected chi connectivity index (χ1v) is 8.76. The highest BCUT2D eigenvalue weighted by atomic mass is 19.1. The zero-order chi connectivity index (χ0) is 18.3. The van der Waals surface area contributed by atoms with Gasteiger partial charge in [0.05, 0.1) is 6.04 Å². The number of benzene rings is 2. The molecule has 26 heavy (non-hydrogen) atoms. The molecule has 0 saturated carbocycles. The molecular formula is C20H20FN3O2. The van der Waals surface area contributed by atoms with Gasteiger partial charge < -0.3 is 10.2 Å². The average molecular weight is 353 g/mol. The smallest absolute Gasteiger partial charge is 0.322 e. The standard InChI is InChI=1S/C20H20FN3O2/c1-13-10-14-4-2-3-5-18(14)24(13)20(26)22-16-11-19(25)23(12-16)17-8-6-15(21)7-9-17/h2-9,13,16H,10-12H2,1H3,(H,22,26)/t13-,16+/m0/s1. The van der Waals surface area contributed by atoms with E-state index in [1.54, 1.807) is 21.9 Å². The summed E-state index contributed by atoms with van der Waals surface area (Å²) in [5.74, 6) is -0.413. The van der Waals surface area contributed by atoms with Gasteiger partial charge in [0, 0.05) is 30.4 Å². The van der Waals surface area contributed by atoms with Crippen molar-refractivity contribution < 1.29 is 14.0 Å². The van der Waals surface area contributed by atoms with Crippen LogP contribution in [0.1, 0.15) is 18.9 Å². The molecule has 6 heteroatoms. The monoisotopic (exact) mass is 353 g/mol. The first-order valence-electron chi connectivity index (χ1n) is 8.76. The van der Waals surface area contributed by atoms with Crippen molar-refractivity contribution in [2.24, 2.45) is 0 Å². The second kappa shape index (κ2) is 6.44. The maximum Gasteiger partial charge on any atom is 0.322 e. The Morgan fingerprint density at radius 3 is 2.62 bits per heavy atom. The predicted molar refractivity (Wildman–Crippen MR) is 97.8 cm³/mol. The molecule has 2 aromatic carbocycles. The third-order valence-corrected chi connectivity index (χ3v) is 5.02. The summed E-state index contributed by atoms with van der Waals surface area (Å²) in [6.07, 6.45) is 1.07. The molecule has 2 aliphatic rings. The Balaban J connectivity index is 1.46. The van der Waals surface area contributed by atoms with Crippen molar-refractivity contribution in [2.75, 3.05) is 16.3 Å². The Kier molecular flexibility index (Phi) is 4.11. The normalized spacial score (nSPS) is 21.8. The molecule has 0 aliphatic carbocycles. The van der Waals surface area contributed by atoms with E-state index in [1.165, 1.54) is 12.1 Å². The van der Waals surface area contributed by atoms with Crippen molar-refractivity contribution in [3.63, 3.8) is 0 Å². The van der Waals surface area contributed by atoms with Gasteiger partial charge in [-0.05, 0) is 49.2 Å². The number of nitrogens with one attached hydrogen (secondary N) is 1. The van der Waals surface area contributed by atoms with E-state index in [-0.39, 0.29) is 36.3 Å². The van der Waals surface area contributed by atoms with Gasteiger partial charge in [-0.3, -0.25) is 9.69 Å². The number of anilines is 2. The van der Waals surface area contributed by atoms with Crippen molar-refractivity contribution in [3.8, 4) is 0 Å². The van der Waals surface area contributed by atoms with Crippen molar-refractivity contribution in [3.05, 3.63) is 59.9 Å². The van der Waals surface area contributed by atoms with Gasteiger partial charge in [-0.15, -0.1) is 0 Å². The lowest BCUT2D eigenvalue weighted by atomic mass is 10.1. The molecule has 3 amide bonds. The third kappa shape index (κ3) is 2.92. The number of fused-ring (bicyclic) bond motifs is 1. The van der Waals surface area contributed by atoms with Crippen LogP contribution in [0.5, 0.6) is 0 Å². The topological polar surface area (TPSA) is 52.7 Å². The fraction of sp³-hybridized carbons (Fsp3) is 0.300. The van der Waals surface area contributed by atoms with Crippen LogP contribution in [0.2, 0.25) is 0 Å². The lowest BCUT2D eigenvalue weighted by Gasteiger charge is -2.25. The number of hydrogen-bond donors (Lipinski definition) is 1. The molecule has 2 aromatic rings. The molecule has 0 bridgehead atoms. The zero-order valence-electron chi connectivity index (χ0n) is 14.5. The molecule has 1 saturated heterocycles. The molecule has 2 heterocycles. The second-order valence-electron chi connectivity index (χ2n) is 6.88. The van der Waals surface area contributed by atoms with Crippen LogP contribution >= 0.6 is 0 Å². The van der Waals surface area contributed by atoms with E-state index in [0.717, 1.165) is 17.7 Å². The summed E-state index contributed by atoms with van der Waals surface area (Å²) < 4.78 is 13.1. The Bertz CT molecular complexity index is 852. The molecule has 4 rings (SSSR count). The highest BCUT2D eigenvalue weighted by Crippen LogP contribution is 2.32. The van der Waals surface area contributed by atoms with Crippen LogP contribution in [-0.2, 0) is 11.2 Å². The number of carbonyl (C=O) groups excluding carboxylic acids is 2. The molecule has 0 unspecified atom stereocenters. The fourth-order valence-corrected chi connectivity index (χ4v) is 3.79. The summed E-state index contributed by atoms with van der Waals surface area (Å²) >= 11 is 0. The molecular weight excluding hydrogens is 333 g/mol. The number of urea groups is 1. The van der Waals surface area contributed by atoms with Crippen LogP contribution in [0.4, 0.5) is 20.6 Å². The Morgan fingerprint density at radius 1 is 1.12 bits per heavy atom. The van der Waals surface area contributed by atoms with Crippen molar-refractivity contribution in [1.82, 2.24) is 5.32 Å². The molecule has 0 spiro atoms. The molecule has 1 N–H and O–H groups in total. The van der Waals surface area contributed by atoms with Crippen LogP contribution in [0.3, 0.4) is 0 Å². The van der Waals surface area contributed by atoms with Crippen molar-refractivity contribution >= 4 is 23.3 Å². The van der Waals surface area contributed by atoms with Crippen LogP contribution in [0, 0.1) is 5.82 Å². The molecule has 2 atom stereocenters. The Morgan fingerprint density at radius 2 is 1.85 bits per heavy atom. The molecule has 2 aliphatic heterocycles. The minimum absolute atomic E-state index is 0.0724. The SMILES string of the molecule is C[C@H]1Cc2ccccc2N1C(=O)N[C@@H]1CC(=O)N(c2ccc(F)cc2)C1. The lowest BCUT2D eigenvalue weighted by molar-refractivity contribution is -0.117. The van der Waals surface area contributed by atoms with Gasteiger partial charge in [0.15, 0.2) is 0 Å². The Hall–Kier alpha value is -2.89. The van der Waals surface area contributed by atoms with Gasteiger partial charge in [-0.2, -0.15) is 0 Å². The fourth-order valence-electron chi connectivity index (χ4n) is 3.79. The highest BCUT2D eigenvalue weighted by Gasteiger charge is 2.35. The summed E-state index contributed by atoms with van der Waals surface area (Å²) in [6, 6.07) is 13.3. The van der Waals surface area contributed by atoms with E-state index >= 15 is 0 Å². The number of hydrogen-bond acceptors (Lipinski definition) is 2. The summed E-state index contributed by atoms with van der Waals surface area (Å²) in [4.78, 5) is 28.5. The second-order valence-corrected chi connectivity index (χ2v) is 6.88. The molecule has 0 radical (unpaired) electrons.